The van der Waals surface area contributed by atoms with Crippen molar-refractivity contribution in [2.75, 3.05) is 0 Å². The van der Waals surface area contributed by atoms with Gasteiger partial charge < -0.3 is 5.32 Å². The Morgan fingerprint density at radius 2 is 2.17 bits per heavy atom. The highest BCUT2D eigenvalue weighted by Crippen LogP contribution is 2.18. The van der Waals surface area contributed by atoms with Crippen LogP contribution >= 0.6 is 11.6 Å². The molecule has 1 atom stereocenters. The summed E-state index contributed by atoms with van der Waals surface area (Å²) in [7, 11) is 0. The van der Waals surface area contributed by atoms with Gasteiger partial charge >= 0.3 is 0 Å². The van der Waals surface area contributed by atoms with Crippen LogP contribution in [-0.2, 0) is 6.54 Å². The normalized spacial score (nSPS) is 12.4. The first-order valence-electron chi connectivity index (χ1n) is 5.75. The van der Waals surface area contributed by atoms with Crippen molar-refractivity contribution in [3.8, 4) is 0 Å². The molecule has 1 aromatic carbocycles. The number of nitrogens with one attached hydrogen (secondary N) is 1. The molecule has 1 heterocycles. The molecule has 0 saturated carbocycles. The summed E-state index contributed by atoms with van der Waals surface area (Å²) in [6, 6.07) is 10.2. The van der Waals surface area contributed by atoms with Gasteiger partial charge in [0.05, 0.1) is 5.69 Å². The predicted molar refractivity (Wildman–Crippen MR) is 70.9 cm³/mol. The molecule has 0 aliphatic rings. The number of benzene rings is 1. The highest BCUT2D eigenvalue weighted by Gasteiger charge is 2.07. The maximum absolute atomic E-state index is 13.1. The topological polar surface area (TPSA) is 24.9 Å². The van der Waals surface area contributed by atoms with Crippen LogP contribution in [-0.4, -0.2) is 4.98 Å². The third kappa shape index (κ3) is 3.28. The van der Waals surface area contributed by atoms with Crippen molar-refractivity contribution >= 4 is 11.6 Å². The first-order chi connectivity index (χ1) is 8.66. The Bertz CT molecular complexity index is 516. The predicted octanol–water partition coefficient (Wildman–Crippen LogP) is 3.72. The van der Waals surface area contributed by atoms with Gasteiger partial charge in [0.1, 0.15) is 5.82 Å². The second-order valence-corrected chi connectivity index (χ2v) is 4.50. The molecule has 1 aromatic heterocycles. The number of hydrogen-bond acceptors (Lipinski definition) is 2. The number of nitrogens with zero attached hydrogens (tertiary/aromatic N) is 1. The molecule has 0 unspecified atom stereocenters. The fourth-order valence-corrected chi connectivity index (χ4v) is 1.86. The third-order valence-electron chi connectivity index (χ3n) is 2.74. The highest BCUT2D eigenvalue weighted by molar-refractivity contribution is 6.31. The molecule has 1 N–H and O–H groups in total. The third-order valence-corrected chi connectivity index (χ3v) is 3.11. The highest BCUT2D eigenvalue weighted by atomic mass is 35.5. The van der Waals surface area contributed by atoms with E-state index in [0.717, 1.165) is 11.3 Å². The van der Waals surface area contributed by atoms with Crippen LogP contribution < -0.4 is 5.32 Å². The van der Waals surface area contributed by atoms with E-state index in [-0.39, 0.29) is 11.9 Å². The van der Waals surface area contributed by atoms with E-state index < -0.39 is 0 Å². The minimum absolute atomic E-state index is 0.0885. The van der Waals surface area contributed by atoms with Gasteiger partial charge in [0, 0.05) is 23.8 Å². The van der Waals surface area contributed by atoms with E-state index in [9.17, 15) is 4.39 Å². The van der Waals surface area contributed by atoms with Gasteiger partial charge in [-0.15, -0.1) is 0 Å². The summed E-state index contributed by atoms with van der Waals surface area (Å²) in [5.74, 6) is -0.276. The molecule has 0 bridgehead atoms. The lowest BCUT2D eigenvalue weighted by molar-refractivity contribution is 0.557. The van der Waals surface area contributed by atoms with E-state index in [2.05, 4.69) is 10.3 Å². The van der Waals surface area contributed by atoms with Crippen LogP contribution in [0.4, 0.5) is 4.39 Å². The number of aromatic nitrogens is 1. The Kier molecular flexibility index (Phi) is 4.28. The quantitative estimate of drug-likeness (QED) is 0.910. The van der Waals surface area contributed by atoms with E-state index >= 15 is 0 Å². The maximum Gasteiger partial charge on any atom is 0.123 e. The molecular weight excluding hydrogens is 251 g/mol. The number of rotatable bonds is 4. The zero-order chi connectivity index (χ0) is 13.0. The molecule has 94 valence electrons. The van der Waals surface area contributed by atoms with Crippen LogP contribution in [0.15, 0.2) is 42.6 Å². The molecule has 0 amide bonds. The lowest BCUT2D eigenvalue weighted by Gasteiger charge is -2.13. The molecule has 4 heteroatoms. The maximum atomic E-state index is 13.1. The molecule has 2 aromatic rings. The van der Waals surface area contributed by atoms with E-state index in [1.807, 2.05) is 25.1 Å². The summed E-state index contributed by atoms with van der Waals surface area (Å²) in [4.78, 5) is 4.26. The van der Waals surface area contributed by atoms with Crippen LogP contribution in [0.2, 0.25) is 5.02 Å². The van der Waals surface area contributed by atoms with Crippen molar-refractivity contribution in [1.29, 1.82) is 0 Å². The number of pyridine rings is 1. The van der Waals surface area contributed by atoms with Crippen molar-refractivity contribution in [2.24, 2.45) is 0 Å². The summed E-state index contributed by atoms with van der Waals surface area (Å²) in [5, 5.41) is 3.84. The molecule has 0 saturated heterocycles. The van der Waals surface area contributed by atoms with Crippen molar-refractivity contribution < 1.29 is 4.39 Å². The van der Waals surface area contributed by atoms with E-state index in [4.69, 9.17) is 11.6 Å². The molecule has 0 aliphatic carbocycles. The monoisotopic (exact) mass is 264 g/mol. The van der Waals surface area contributed by atoms with Gasteiger partial charge in [0.15, 0.2) is 0 Å². The van der Waals surface area contributed by atoms with E-state index in [1.54, 1.807) is 12.3 Å². The average Bonchev–Trinajstić information content (AvgIpc) is 2.40. The van der Waals surface area contributed by atoms with Gasteiger partial charge in [0.25, 0.3) is 0 Å². The van der Waals surface area contributed by atoms with Gasteiger partial charge in [-0.3, -0.25) is 4.98 Å². The van der Waals surface area contributed by atoms with Gasteiger partial charge in [-0.1, -0.05) is 17.7 Å². The van der Waals surface area contributed by atoms with Crippen LogP contribution in [0.3, 0.4) is 0 Å². The fraction of sp³-hybridized carbons (Fsp3) is 0.214. The first-order valence-corrected chi connectivity index (χ1v) is 6.13. The lowest BCUT2D eigenvalue weighted by atomic mass is 10.1. The Hall–Kier alpha value is -1.45. The van der Waals surface area contributed by atoms with Gasteiger partial charge in [-0.25, -0.2) is 4.39 Å². The first kappa shape index (κ1) is 13.0. The van der Waals surface area contributed by atoms with Crippen LogP contribution in [0.25, 0.3) is 0 Å². The minimum Gasteiger partial charge on any atom is -0.305 e. The van der Waals surface area contributed by atoms with Crippen LogP contribution in [0.5, 0.6) is 0 Å². The van der Waals surface area contributed by atoms with Crippen molar-refractivity contribution in [1.82, 2.24) is 10.3 Å². The molecular formula is C14H14ClFN2. The van der Waals surface area contributed by atoms with Crippen molar-refractivity contribution in [3.63, 3.8) is 0 Å². The largest absolute Gasteiger partial charge is 0.305 e. The molecule has 2 nitrogen and oxygen atoms in total. The molecule has 18 heavy (non-hydrogen) atoms. The summed E-state index contributed by atoms with van der Waals surface area (Å²) in [6.07, 6.45) is 1.75. The molecule has 2 rings (SSSR count). The van der Waals surface area contributed by atoms with Crippen LogP contribution in [0.1, 0.15) is 24.2 Å². The average molecular weight is 265 g/mol. The summed E-state index contributed by atoms with van der Waals surface area (Å²) >= 11 is 6.00. The standard InChI is InChI=1S/C14H14ClFN2/c1-10(14-4-2-3-7-17-14)18-9-11-8-12(16)5-6-13(11)15/h2-8,10,18H,9H2,1H3/t10-/m0/s1. The number of halogens is 2. The summed E-state index contributed by atoms with van der Waals surface area (Å²) in [6.45, 7) is 2.52. The van der Waals surface area contributed by atoms with Gasteiger partial charge in [-0.05, 0) is 42.8 Å². The van der Waals surface area contributed by atoms with E-state index in [1.165, 1.54) is 12.1 Å². The minimum atomic E-state index is -0.276. The van der Waals surface area contributed by atoms with Crippen molar-refractivity contribution in [2.45, 2.75) is 19.5 Å². The lowest BCUT2D eigenvalue weighted by Crippen LogP contribution is -2.19. The molecule has 0 spiro atoms. The smallest absolute Gasteiger partial charge is 0.123 e. The fourth-order valence-electron chi connectivity index (χ4n) is 1.68. The molecule has 0 aliphatic heterocycles. The molecule has 0 fully saturated rings. The SMILES string of the molecule is C[C@H](NCc1cc(F)ccc1Cl)c1ccccn1. The Morgan fingerprint density at radius 1 is 1.33 bits per heavy atom. The Morgan fingerprint density at radius 3 is 2.89 bits per heavy atom. The Labute approximate surface area is 111 Å². The zero-order valence-corrected chi connectivity index (χ0v) is 10.8. The number of hydrogen-bond donors (Lipinski definition) is 1. The zero-order valence-electron chi connectivity index (χ0n) is 10.0. The molecule has 0 radical (unpaired) electrons. The Balaban J connectivity index is 2.01. The van der Waals surface area contributed by atoms with E-state index in [0.29, 0.717) is 11.6 Å². The second-order valence-electron chi connectivity index (χ2n) is 4.09. The summed E-state index contributed by atoms with van der Waals surface area (Å²) < 4.78 is 13.1. The second kappa shape index (κ2) is 5.94. The van der Waals surface area contributed by atoms with Crippen molar-refractivity contribution in [3.05, 3.63) is 64.7 Å². The van der Waals surface area contributed by atoms with Crippen LogP contribution in [0, 0.1) is 5.82 Å². The van der Waals surface area contributed by atoms with Gasteiger partial charge in [0.2, 0.25) is 0 Å². The van der Waals surface area contributed by atoms with Gasteiger partial charge in [-0.2, -0.15) is 0 Å². The summed E-state index contributed by atoms with van der Waals surface area (Å²) in [5.41, 5.74) is 1.70.